The van der Waals surface area contributed by atoms with Crippen molar-refractivity contribution in [2.45, 2.75) is 20.4 Å². The van der Waals surface area contributed by atoms with E-state index in [4.69, 9.17) is 4.74 Å². The maximum atomic E-state index is 5.69. The first-order valence-corrected chi connectivity index (χ1v) is 7.73. The minimum absolute atomic E-state index is 0. The van der Waals surface area contributed by atoms with Gasteiger partial charge in [-0.05, 0) is 26.0 Å². The third-order valence-corrected chi connectivity index (χ3v) is 3.21. The molecule has 2 rings (SSSR count). The second-order valence-corrected chi connectivity index (χ2v) is 5.14. The van der Waals surface area contributed by atoms with Gasteiger partial charge in [-0.25, -0.2) is 4.99 Å². The Morgan fingerprint density at radius 2 is 2.00 bits per heavy atom. The van der Waals surface area contributed by atoms with Crippen molar-refractivity contribution >= 4 is 29.9 Å². The first-order valence-electron chi connectivity index (χ1n) is 7.73. The van der Waals surface area contributed by atoms with Gasteiger partial charge in [0.25, 0.3) is 0 Å². The van der Waals surface area contributed by atoms with Crippen LogP contribution in [0.5, 0.6) is 5.75 Å². The zero-order chi connectivity index (χ0) is 16.5. The molecule has 0 unspecified atom stereocenters. The van der Waals surface area contributed by atoms with Crippen molar-refractivity contribution in [3.63, 3.8) is 0 Å². The van der Waals surface area contributed by atoms with E-state index >= 15 is 0 Å². The molecule has 0 saturated heterocycles. The standard InChI is InChI=1S/C16H24N6O.HI/c1-4-17-16(19-11-15-21-20-12-22(15)3)18-9-10-23-14-7-5-13(2)6-8-14;/h5-8,12H,4,9-11H2,1-3H3,(H2,17,18,19);1H. The zero-order valence-corrected chi connectivity index (χ0v) is 16.7. The van der Waals surface area contributed by atoms with E-state index in [1.807, 2.05) is 42.8 Å². The monoisotopic (exact) mass is 444 g/mol. The predicted molar refractivity (Wildman–Crippen MR) is 106 cm³/mol. The molecule has 0 saturated carbocycles. The lowest BCUT2D eigenvalue weighted by atomic mass is 10.2. The van der Waals surface area contributed by atoms with Crippen molar-refractivity contribution in [1.82, 2.24) is 25.4 Å². The largest absolute Gasteiger partial charge is 0.492 e. The van der Waals surface area contributed by atoms with Crippen LogP contribution >= 0.6 is 24.0 Å². The fourth-order valence-electron chi connectivity index (χ4n) is 1.91. The van der Waals surface area contributed by atoms with Crippen LogP contribution in [0.1, 0.15) is 18.3 Å². The summed E-state index contributed by atoms with van der Waals surface area (Å²) in [7, 11) is 1.90. The van der Waals surface area contributed by atoms with Gasteiger partial charge >= 0.3 is 0 Å². The third kappa shape index (κ3) is 6.73. The number of guanidine groups is 1. The van der Waals surface area contributed by atoms with Gasteiger partial charge in [0.1, 0.15) is 25.2 Å². The fraction of sp³-hybridized carbons (Fsp3) is 0.438. The number of halogens is 1. The minimum atomic E-state index is 0. The SMILES string of the molecule is CCNC(=NCc1nncn1C)NCCOc1ccc(C)cc1.I. The van der Waals surface area contributed by atoms with Gasteiger partial charge in [0.15, 0.2) is 11.8 Å². The van der Waals surface area contributed by atoms with Gasteiger partial charge in [-0.1, -0.05) is 17.7 Å². The Hall–Kier alpha value is -1.84. The van der Waals surface area contributed by atoms with Crippen molar-refractivity contribution in [3.8, 4) is 5.75 Å². The van der Waals surface area contributed by atoms with E-state index in [0.717, 1.165) is 24.1 Å². The van der Waals surface area contributed by atoms with Crippen LogP contribution in [0.2, 0.25) is 0 Å². The van der Waals surface area contributed by atoms with Crippen LogP contribution in [0.4, 0.5) is 0 Å². The molecular formula is C16H25IN6O. The molecule has 0 aliphatic heterocycles. The zero-order valence-electron chi connectivity index (χ0n) is 14.3. The van der Waals surface area contributed by atoms with Crippen molar-refractivity contribution < 1.29 is 4.74 Å². The molecule has 132 valence electrons. The van der Waals surface area contributed by atoms with Gasteiger partial charge in [-0.2, -0.15) is 0 Å². The van der Waals surface area contributed by atoms with Gasteiger partial charge in [-0.15, -0.1) is 34.2 Å². The Morgan fingerprint density at radius 1 is 1.25 bits per heavy atom. The second-order valence-electron chi connectivity index (χ2n) is 5.14. The summed E-state index contributed by atoms with van der Waals surface area (Å²) in [6, 6.07) is 8.02. The number of aryl methyl sites for hydroxylation is 2. The fourth-order valence-corrected chi connectivity index (χ4v) is 1.91. The lowest BCUT2D eigenvalue weighted by Crippen LogP contribution is -2.39. The summed E-state index contributed by atoms with van der Waals surface area (Å²) in [6.07, 6.45) is 1.67. The molecule has 0 spiro atoms. The van der Waals surface area contributed by atoms with E-state index in [2.05, 4.69) is 32.7 Å². The highest BCUT2D eigenvalue weighted by molar-refractivity contribution is 14.0. The lowest BCUT2D eigenvalue weighted by molar-refractivity contribution is 0.322. The molecule has 2 N–H and O–H groups in total. The molecule has 1 heterocycles. The number of nitrogens with one attached hydrogen (secondary N) is 2. The van der Waals surface area contributed by atoms with Gasteiger partial charge in [0.05, 0.1) is 6.54 Å². The van der Waals surface area contributed by atoms with Gasteiger partial charge in [0.2, 0.25) is 0 Å². The Kier molecular flexibility index (Phi) is 9.13. The van der Waals surface area contributed by atoms with Crippen molar-refractivity contribution in [1.29, 1.82) is 0 Å². The van der Waals surface area contributed by atoms with Crippen LogP contribution in [0.25, 0.3) is 0 Å². The Morgan fingerprint density at radius 3 is 2.62 bits per heavy atom. The van der Waals surface area contributed by atoms with Crippen LogP contribution in [0.3, 0.4) is 0 Å². The van der Waals surface area contributed by atoms with Crippen LogP contribution in [0.15, 0.2) is 35.6 Å². The van der Waals surface area contributed by atoms with Gasteiger partial charge in [0, 0.05) is 13.6 Å². The molecule has 1 aromatic carbocycles. The summed E-state index contributed by atoms with van der Waals surface area (Å²) in [5.41, 5.74) is 1.22. The number of aromatic nitrogens is 3. The Bertz CT molecular complexity index is 626. The number of aliphatic imine (C=N–C) groups is 1. The quantitative estimate of drug-likeness (QED) is 0.295. The summed E-state index contributed by atoms with van der Waals surface area (Å²) < 4.78 is 7.54. The molecule has 1 aromatic heterocycles. The van der Waals surface area contributed by atoms with E-state index in [-0.39, 0.29) is 24.0 Å². The highest BCUT2D eigenvalue weighted by Gasteiger charge is 2.01. The van der Waals surface area contributed by atoms with Gasteiger partial charge in [-0.3, -0.25) is 0 Å². The molecule has 0 amide bonds. The molecule has 0 radical (unpaired) electrons. The number of nitrogens with zero attached hydrogens (tertiary/aromatic N) is 4. The molecule has 0 aliphatic carbocycles. The molecule has 0 bridgehead atoms. The summed E-state index contributed by atoms with van der Waals surface area (Å²) in [5, 5.41) is 14.3. The van der Waals surface area contributed by atoms with Gasteiger partial charge < -0.3 is 19.9 Å². The molecule has 0 fully saturated rings. The van der Waals surface area contributed by atoms with Crippen LogP contribution in [-0.4, -0.2) is 40.4 Å². The topological polar surface area (TPSA) is 76.4 Å². The first-order chi connectivity index (χ1) is 11.2. The number of benzene rings is 1. The average Bonchev–Trinajstić information content (AvgIpc) is 2.96. The number of rotatable bonds is 7. The lowest BCUT2D eigenvalue weighted by Gasteiger charge is -2.12. The summed E-state index contributed by atoms with van der Waals surface area (Å²) in [4.78, 5) is 4.49. The molecule has 7 nitrogen and oxygen atoms in total. The molecule has 8 heteroatoms. The molecular weight excluding hydrogens is 419 g/mol. The average molecular weight is 444 g/mol. The molecule has 24 heavy (non-hydrogen) atoms. The Balaban J connectivity index is 0.00000288. The van der Waals surface area contributed by atoms with Crippen LogP contribution in [0, 0.1) is 6.92 Å². The number of hydrogen-bond donors (Lipinski definition) is 2. The maximum Gasteiger partial charge on any atom is 0.191 e. The minimum Gasteiger partial charge on any atom is -0.492 e. The number of hydrogen-bond acceptors (Lipinski definition) is 4. The molecule has 0 atom stereocenters. The predicted octanol–water partition coefficient (Wildman–Crippen LogP) is 1.88. The van der Waals surface area contributed by atoms with Crippen LogP contribution < -0.4 is 15.4 Å². The summed E-state index contributed by atoms with van der Waals surface area (Å²) in [6.45, 7) is 6.59. The Labute approximate surface area is 159 Å². The van der Waals surface area contributed by atoms with Crippen molar-refractivity contribution in [2.24, 2.45) is 12.0 Å². The smallest absolute Gasteiger partial charge is 0.191 e. The first kappa shape index (κ1) is 20.2. The van der Waals surface area contributed by atoms with Crippen LogP contribution in [-0.2, 0) is 13.6 Å². The van der Waals surface area contributed by atoms with E-state index in [9.17, 15) is 0 Å². The summed E-state index contributed by atoms with van der Waals surface area (Å²) in [5.74, 6) is 2.43. The summed E-state index contributed by atoms with van der Waals surface area (Å²) >= 11 is 0. The van der Waals surface area contributed by atoms with Crippen molar-refractivity contribution in [2.75, 3.05) is 19.7 Å². The third-order valence-electron chi connectivity index (χ3n) is 3.21. The molecule has 2 aromatic rings. The van der Waals surface area contributed by atoms with Crippen molar-refractivity contribution in [3.05, 3.63) is 42.0 Å². The van der Waals surface area contributed by atoms with E-state index in [0.29, 0.717) is 19.7 Å². The van der Waals surface area contributed by atoms with E-state index in [1.165, 1.54) is 5.56 Å². The van der Waals surface area contributed by atoms with E-state index < -0.39 is 0 Å². The maximum absolute atomic E-state index is 5.69. The highest BCUT2D eigenvalue weighted by Crippen LogP contribution is 2.10. The second kappa shape index (κ2) is 10.8. The van der Waals surface area contributed by atoms with E-state index in [1.54, 1.807) is 6.33 Å². The normalized spacial score (nSPS) is 10.9. The highest BCUT2D eigenvalue weighted by atomic mass is 127. The molecule has 0 aliphatic rings. The number of ether oxygens (including phenoxy) is 1.